The molecular formula is C31H30N2O3. The number of benzene rings is 4. The summed E-state index contributed by atoms with van der Waals surface area (Å²) >= 11 is 0. The Morgan fingerprint density at radius 1 is 0.694 bits per heavy atom. The third-order valence-corrected chi connectivity index (χ3v) is 5.53. The van der Waals surface area contributed by atoms with Crippen LogP contribution >= 0.6 is 0 Å². The quantitative estimate of drug-likeness (QED) is 0.198. The molecule has 0 saturated heterocycles. The summed E-state index contributed by atoms with van der Waals surface area (Å²) in [4.78, 5) is 20.6. The fourth-order valence-corrected chi connectivity index (χ4v) is 3.76. The highest BCUT2D eigenvalue weighted by atomic mass is 16.5. The number of hydrogen-bond donors (Lipinski definition) is 0. The van der Waals surface area contributed by atoms with E-state index in [0.29, 0.717) is 36.0 Å². The minimum atomic E-state index is -0.173. The number of anilines is 1. The second kappa shape index (κ2) is 11.8. The standard InChI is InChI=1S/C31H30N2O3/c1-4-35-28-19-15-26(16-20-28)32-30(24-9-7-6-8-10-24)33(27-17-21-29(22-18-27)36-5-2)31(34)25-13-11-23(3)12-14-25/h6-22H,4-5H2,1-3H3. The summed E-state index contributed by atoms with van der Waals surface area (Å²) in [5, 5.41) is 0. The Bertz CT molecular complexity index is 1300. The van der Waals surface area contributed by atoms with Crippen LogP contribution in [0, 0.1) is 6.92 Å². The molecule has 5 heteroatoms. The molecule has 0 aliphatic rings. The van der Waals surface area contributed by atoms with E-state index in [2.05, 4.69) is 0 Å². The lowest BCUT2D eigenvalue weighted by molar-refractivity contribution is 0.100. The van der Waals surface area contributed by atoms with Crippen LogP contribution in [0.1, 0.15) is 35.3 Å². The summed E-state index contributed by atoms with van der Waals surface area (Å²) in [6.45, 7) is 7.05. The smallest absolute Gasteiger partial charge is 0.264 e. The van der Waals surface area contributed by atoms with Crippen molar-refractivity contribution in [2.24, 2.45) is 4.99 Å². The van der Waals surface area contributed by atoms with E-state index in [-0.39, 0.29) is 5.91 Å². The van der Waals surface area contributed by atoms with Crippen molar-refractivity contribution >= 4 is 23.1 Å². The molecule has 5 nitrogen and oxygen atoms in total. The van der Waals surface area contributed by atoms with Gasteiger partial charge >= 0.3 is 0 Å². The van der Waals surface area contributed by atoms with Crippen molar-refractivity contribution < 1.29 is 14.3 Å². The number of aryl methyl sites for hydroxylation is 1. The van der Waals surface area contributed by atoms with Crippen molar-refractivity contribution in [3.8, 4) is 11.5 Å². The molecule has 0 saturated carbocycles. The fraction of sp³-hybridized carbons (Fsp3) is 0.161. The molecule has 4 aromatic carbocycles. The van der Waals surface area contributed by atoms with Crippen LogP contribution in [-0.2, 0) is 0 Å². The second-order valence-corrected chi connectivity index (χ2v) is 8.16. The van der Waals surface area contributed by atoms with Crippen LogP contribution in [0.3, 0.4) is 0 Å². The molecule has 1 amide bonds. The SMILES string of the molecule is CCOc1ccc(N=C(c2ccccc2)N(C(=O)c2ccc(C)cc2)c2ccc(OCC)cc2)cc1. The molecule has 0 aromatic heterocycles. The number of rotatable bonds is 8. The minimum absolute atomic E-state index is 0.173. The molecule has 0 aliphatic carbocycles. The average molecular weight is 479 g/mol. The maximum absolute atomic E-state index is 14.0. The van der Waals surface area contributed by atoms with E-state index in [1.807, 2.05) is 124 Å². The number of nitrogens with zero attached hydrogens (tertiary/aromatic N) is 2. The van der Waals surface area contributed by atoms with Gasteiger partial charge in [-0.2, -0.15) is 0 Å². The van der Waals surface area contributed by atoms with Gasteiger partial charge in [-0.3, -0.25) is 9.69 Å². The van der Waals surface area contributed by atoms with Crippen LogP contribution in [0.15, 0.2) is 108 Å². The molecule has 36 heavy (non-hydrogen) atoms. The third-order valence-electron chi connectivity index (χ3n) is 5.53. The van der Waals surface area contributed by atoms with Gasteiger partial charge in [-0.15, -0.1) is 0 Å². The number of hydrogen-bond acceptors (Lipinski definition) is 4. The summed E-state index contributed by atoms with van der Waals surface area (Å²) in [6.07, 6.45) is 0. The number of amidine groups is 1. The number of aliphatic imine (C=N–C) groups is 1. The predicted octanol–water partition coefficient (Wildman–Crippen LogP) is 7.22. The summed E-state index contributed by atoms with van der Waals surface area (Å²) in [5.74, 6) is 1.87. The molecule has 0 aliphatic heterocycles. The fourth-order valence-electron chi connectivity index (χ4n) is 3.76. The van der Waals surface area contributed by atoms with Crippen LogP contribution < -0.4 is 14.4 Å². The molecule has 0 fully saturated rings. The number of carbonyl (C=O) groups is 1. The summed E-state index contributed by atoms with van der Waals surface area (Å²) in [6, 6.07) is 32.4. The van der Waals surface area contributed by atoms with Gasteiger partial charge in [0.2, 0.25) is 0 Å². The molecule has 0 spiro atoms. The number of ether oxygens (including phenoxy) is 2. The normalized spacial score (nSPS) is 11.1. The van der Waals surface area contributed by atoms with Crippen molar-refractivity contribution in [2.45, 2.75) is 20.8 Å². The van der Waals surface area contributed by atoms with E-state index < -0.39 is 0 Å². The van der Waals surface area contributed by atoms with E-state index in [0.717, 1.165) is 22.6 Å². The first-order valence-corrected chi connectivity index (χ1v) is 12.1. The number of carbonyl (C=O) groups excluding carboxylic acids is 1. The highest BCUT2D eigenvalue weighted by molar-refractivity contribution is 6.28. The molecule has 4 rings (SSSR count). The number of amides is 1. The second-order valence-electron chi connectivity index (χ2n) is 8.16. The first-order valence-electron chi connectivity index (χ1n) is 12.1. The van der Waals surface area contributed by atoms with Gasteiger partial charge < -0.3 is 9.47 Å². The molecule has 0 radical (unpaired) electrons. The molecule has 0 heterocycles. The summed E-state index contributed by atoms with van der Waals surface area (Å²) < 4.78 is 11.2. The molecule has 4 aromatic rings. The average Bonchev–Trinajstić information content (AvgIpc) is 2.91. The summed E-state index contributed by atoms with van der Waals surface area (Å²) in [5.41, 5.74) is 3.89. The van der Waals surface area contributed by atoms with Gasteiger partial charge in [0.1, 0.15) is 17.3 Å². The van der Waals surface area contributed by atoms with E-state index in [1.54, 1.807) is 4.90 Å². The largest absolute Gasteiger partial charge is 0.494 e. The van der Waals surface area contributed by atoms with Gasteiger partial charge in [0.05, 0.1) is 24.6 Å². The lowest BCUT2D eigenvalue weighted by Gasteiger charge is -2.25. The van der Waals surface area contributed by atoms with Crippen LogP contribution in [0.25, 0.3) is 0 Å². The van der Waals surface area contributed by atoms with Crippen LogP contribution in [0.2, 0.25) is 0 Å². The zero-order chi connectivity index (χ0) is 25.3. The monoisotopic (exact) mass is 478 g/mol. The van der Waals surface area contributed by atoms with Gasteiger partial charge in [0.15, 0.2) is 0 Å². The Hall–Kier alpha value is -4.38. The van der Waals surface area contributed by atoms with E-state index >= 15 is 0 Å². The Morgan fingerprint density at radius 3 is 1.81 bits per heavy atom. The van der Waals surface area contributed by atoms with Gasteiger partial charge in [0, 0.05) is 11.1 Å². The van der Waals surface area contributed by atoms with Crippen LogP contribution in [0.4, 0.5) is 11.4 Å². The third kappa shape index (κ3) is 5.99. The van der Waals surface area contributed by atoms with E-state index in [1.165, 1.54) is 0 Å². The highest BCUT2D eigenvalue weighted by Gasteiger charge is 2.25. The maximum Gasteiger partial charge on any atom is 0.264 e. The molecule has 0 atom stereocenters. The first kappa shape index (κ1) is 24.7. The summed E-state index contributed by atoms with van der Waals surface area (Å²) in [7, 11) is 0. The first-order chi connectivity index (χ1) is 17.6. The molecular weight excluding hydrogens is 448 g/mol. The molecule has 0 bridgehead atoms. The van der Waals surface area contributed by atoms with Crippen molar-refractivity contribution in [1.29, 1.82) is 0 Å². The molecule has 0 unspecified atom stereocenters. The van der Waals surface area contributed by atoms with Crippen molar-refractivity contribution in [2.75, 3.05) is 18.1 Å². The van der Waals surface area contributed by atoms with Crippen LogP contribution in [0.5, 0.6) is 11.5 Å². The Balaban J connectivity index is 1.86. The zero-order valence-electron chi connectivity index (χ0n) is 20.8. The topological polar surface area (TPSA) is 51.1 Å². The minimum Gasteiger partial charge on any atom is -0.494 e. The Kier molecular flexibility index (Phi) is 8.14. The van der Waals surface area contributed by atoms with Crippen LogP contribution in [-0.4, -0.2) is 25.0 Å². The lowest BCUT2D eigenvalue weighted by Crippen LogP contribution is -2.37. The highest BCUT2D eigenvalue weighted by Crippen LogP contribution is 2.27. The van der Waals surface area contributed by atoms with Crippen molar-refractivity contribution in [3.05, 3.63) is 120 Å². The maximum atomic E-state index is 14.0. The van der Waals surface area contributed by atoms with Crippen molar-refractivity contribution in [3.63, 3.8) is 0 Å². The zero-order valence-corrected chi connectivity index (χ0v) is 20.8. The molecule has 0 N–H and O–H groups in total. The Morgan fingerprint density at radius 2 is 1.25 bits per heavy atom. The van der Waals surface area contributed by atoms with E-state index in [9.17, 15) is 4.79 Å². The molecule has 182 valence electrons. The Labute approximate surface area is 212 Å². The lowest BCUT2D eigenvalue weighted by atomic mass is 10.1. The predicted molar refractivity (Wildman–Crippen MR) is 146 cm³/mol. The van der Waals surface area contributed by atoms with Gasteiger partial charge in [-0.1, -0.05) is 48.0 Å². The van der Waals surface area contributed by atoms with Crippen molar-refractivity contribution in [1.82, 2.24) is 0 Å². The van der Waals surface area contributed by atoms with Gasteiger partial charge in [-0.05, 0) is 81.4 Å². The van der Waals surface area contributed by atoms with Gasteiger partial charge in [-0.25, -0.2) is 4.99 Å². The van der Waals surface area contributed by atoms with E-state index in [4.69, 9.17) is 14.5 Å². The van der Waals surface area contributed by atoms with Gasteiger partial charge in [0.25, 0.3) is 5.91 Å².